The van der Waals surface area contributed by atoms with E-state index < -0.39 is 5.60 Å². The van der Waals surface area contributed by atoms with Crippen molar-refractivity contribution in [1.29, 1.82) is 0 Å². The van der Waals surface area contributed by atoms with Gasteiger partial charge in [0.1, 0.15) is 0 Å². The molecule has 2 aliphatic rings. The quantitative estimate of drug-likeness (QED) is 0.724. The molecule has 3 N–H and O–H groups in total. The zero-order chi connectivity index (χ0) is 10.2. The van der Waals surface area contributed by atoms with Crippen LogP contribution >= 0.6 is 0 Å². The smallest absolute Gasteiger partial charge is 0.0690 e. The Kier molecular flexibility index (Phi) is 2.61. The molecule has 2 saturated carbocycles. The van der Waals surface area contributed by atoms with E-state index in [1.165, 1.54) is 25.7 Å². The van der Waals surface area contributed by atoms with Crippen LogP contribution in [0.4, 0.5) is 0 Å². The van der Waals surface area contributed by atoms with Crippen LogP contribution in [0.25, 0.3) is 0 Å². The van der Waals surface area contributed by atoms with E-state index in [4.69, 9.17) is 5.73 Å². The molecule has 2 heteroatoms. The third-order valence-corrected chi connectivity index (χ3v) is 4.48. The zero-order valence-electron chi connectivity index (χ0n) is 9.26. The van der Waals surface area contributed by atoms with Crippen LogP contribution in [-0.4, -0.2) is 17.3 Å². The van der Waals surface area contributed by atoms with E-state index >= 15 is 0 Å². The summed E-state index contributed by atoms with van der Waals surface area (Å²) in [4.78, 5) is 0. The summed E-state index contributed by atoms with van der Waals surface area (Å²) in [5.41, 5.74) is 5.41. The van der Waals surface area contributed by atoms with E-state index in [-0.39, 0.29) is 5.41 Å². The van der Waals surface area contributed by atoms with Gasteiger partial charge in [-0.1, -0.05) is 25.7 Å². The SMILES string of the molecule is CC(O)(CC1CC1)C1(CN)CCCC1. The molecule has 82 valence electrons. The minimum absolute atomic E-state index is 0.0373. The van der Waals surface area contributed by atoms with Gasteiger partial charge in [0.05, 0.1) is 5.60 Å². The van der Waals surface area contributed by atoms with Gasteiger partial charge in [0.2, 0.25) is 0 Å². The molecule has 0 aliphatic heterocycles. The van der Waals surface area contributed by atoms with Gasteiger partial charge in [-0.2, -0.15) is 0 Å². The van der Waals surface area contributed by atoms with Crippen molar-refractivity contribution in [2.24, 2.45) is 17.1 Å². The summed E-state index contributed by atoms with van der Waals surface area (Å²) in [6, 6.07) is 0. The summed E-state index contributed by atoms with van der Waals surface area (Å²) in [6.07, 6.45) is 8.36. The molecule has 0 saturated heterocycles. The molecule has 1 unspecified atom stereocenters. The van der Waals surface area contributed by atoms with Gasteiger partial charge >= 0.3 is 0 Å². The molecule has 1 atom stereocenters. The maximum Gasteiger partial charge on any atom is 0.0690 e. The molecule has 0 heterocycles. The third-order valence-electron chi connectivity index (χ3n) is 4.48. The average molecular weight is 197 g/mol. The molecular weight excluding hydrogens is 174 g/mol. The molecule has 0 radical (unpaired) electrons. The van der Waals surface area contributed by atoms with Crippen molar-refractivity contribution in [3.8, 4) is 0 Å². The molecule has 0 amide bonds. The lowest BCUT2D eigenvalue weighted by Crippen LogP contribution is -2.49. The van der Waals surface area contributed by atoms with Crippen molar-refractivity contribution in [2.75, 3.05) is 6.54 Å². The van der Waals surface area contributed by atoms with Crippen LogP contribution in [0.3, 0.4) is 0 Å². The predicted octanol–water partition coefficient (Wildman–Crippen LogP) is 2.06. The van der Waals surface area contributed by atoms with Crippen molar-refractivity contribution in [2.45, 2.75) is 57.5 Å². The van der Waals surface area contributed by atoms with Crippen LogP contribution in [-0.2, 0) is 0 Å². The molecule has 2 nitrogen and oxygen atoms in total. The van der Waals surface area contributed by atoms with E-state index in [0.29, 0.717) is 6.54 Å². The van der Waals surface area contributed by atoms with Crippen molar-refractivity contribution in [3.05, 3.63) is 0 Å². The molecule has 0 spiro atoms. The zero-order valence-corrected chi connectivity index (χ0v) is 9.26. The van der Waals surface area contributed by atoms with Crippen LogP contribution in [0, 0.1) is 11.3 Å². The van der Waals surface area contributed by atoms with Gasteiger partial charge in [-0.3, -0.25) is 0 Å². The highest BCUT2D eigenvalue weighted by atomic mass is 16.3. The van der Waals surface area contributed by atoms with Gasteiger partial charge < -0.3 is 10.8 Å². The van der Waals surface area contributed by atoms with Crippen LogP contribution in [0.1, 0.15) is 51.9 Å². The lowest BCUT2D eigenvalue weighted by atomic mass is 9.69. The average Bonchev–Trinajstić information content (AvgIpc) is 2.81. The number of hydrogen-bond acceptors (Lipinski definition) is 2. The summed E-state index contributed by atoms with van der Waals surface area (Å²) in [5, 5.41) is 10.6. The fourth-order valence-electron chi connectivity index (χ4n) is 3.11. The second kappa shape index (κ2) is 3.49. The summed E-state index contributed by atoms with van der Waals surface area (Å²) in [7, 11) is 0. The van der Waals surface area contributed by atoms with E-state index in [0.717, 1.165) is 25.2 Å². The van der Waals surface area contributed by atoms with Gasteiger partial charge in [-0.05, 0) is 32.1 Å². The highest BCUT2D eigenvalue weighted by Gasteiger charge is 2.49. The van der Waals surface area contributed by atoms with Gasteiger partial charge in [0, 0.05) is 12.0 Å². The van der Waals surface area contributed by atoms with Crippen molar-refractivity contribution >= 4 is 0 Å². The standard InChI is InChI=1S/C12H23NO/c1-11(14,8-10-4-5-10)12(9-13)6-2-3-7-12/h10,14H,2-9,13H2,1H3. The molecule has 0 aromatic heterocycles. The van der Waals surface area contributed by atoms with Gasteiger partial charge in [-0.15, -0.1) is 0 Å². The van der Waals surface area contributed by atoms with E-state index in [9.17, 15) is 5.11 Å². The monoisotopic (exact) mass is 197 g/mol. The number of hydrogen-bond donors (Lipinski definition) is 2. The second-order valence-corrected chi connectivity index (χ2v) is 5.61. The fourth-order valence-corrected chi connectivity index (χ4v) is 3.11. The largest absolute Gasteiger partial charge is 0.390 e. The third kappa shape index (κ3) is 1.70. The Hall–Kier alpha value is -0.0800. The molecule has 2 fully saturated rings. The Morgan fingerprint density at radius 3 is 2.36 bits per heavy atom. The molecular formula is C12H23NO. The fraction of sp³-hybridized carbons (Fsp3) is 1.00. The van der Waals surface area contributed by atoms with Crippen LogP contribution in [0.2, 0.25) is 0 Å². The predicted molar refractivity (Wildman–Crippen MR) is 57.9 cm³/mol. The van der Waals surface area contributed by atoms with Crippen LogP contribution in [0.5, 0.6) is 0 Å². The summed E-state index contributed by atoms with van der Waals surface area (Å²) in [5.74, 6) is 0.786. The molecule has 0 aromatic carbocycles. The van der Waals surface area contributed by atoms with Crippen molar-refractivity contribution in [1.82, 2.24) is 0 Å². The Morgan fingerprint density at radius 1 is 1.36 bits per heavy atom. The number of aliphatic hydroxyl groups is 1. The first kappa shape index (κ1) is 10.4. The maximum atomic E-state index is 10.6. The molecule has 0 bridgehead atoms. The Bertz CT molecular complexity index is 202. The van der Waals surface area contributed by atoms with Crippen LogP contribution < -0.4 is 5.73 Å². The number of rotatable bonds is 4. The van der Waals surface area contributed by atoms with E-state index in [2.05, 4.69) is 0 Å². The van der Waals surface area contributed by atoms with Gasteiger partial charge in [0.25, 0.3) is 0 Å². The van der Waals surface area contributed by atoms with Gasteiger partial charge in [0.15, 0.2) is 0 Å². The van der Waals surface area contributed by atoms with Gasteiger partial charge in [-0.25, -0.2) is 0 Å². The molecule has 2 rings (SSSR count). The van der Waals surface area contributed by atoms with Crippen molar-refractivity contribution < 1.29 is 5.11 Å². The molecule has 14 heavy (non-hydrogen) atoms. The second-order valence-electron chi connectivity index (χ2n) is 5.61. The maximum absolute atomic E-state index is 10.6. The summed E-state index contributed by atoms with van der Waals surface area (Å²) < 4.78 is 0. The Balaban J connectivity index is 2.07. The molecule has 2 aliphatic carbocycles. The van der Waals surface area contributed by atoms with Crippen LogP contribution in [0.15, 0.2) is 0 Å². The van der Waals surface area contributed by atoms with E-state index in [1.54, 1.807) is 0 Å². The number of nitrogens with two attached hydrogens (primary N) is 1. The topological polar surface area (TPSA) is 46.2 Å². The lowest BCUT2D eigenvalue weighted by molar-refractivity contribution is -0.0730. The minimum Gasteiger partial charge on any atom is -0.390 e. The summed E-state index contributed by atoms with van der Waals surface area (Å²) in [6.45, 7) is 2.68. The first-order valence-electron chi connectivity index (χ1n) is 6.02. The summed E-state index contributed by atoms with van der Waals surface area (Å²) >= 11 is 0. The van der Waals surface area contributed by atoms with E-state index in [1.807, 2.05) is 6.92 Å². The first-order valence-corrected chi connectivity index (χ1v) is 6.02. The first-order chi connectivity index (χ1) is 6.60. The Morgan fingerprint density at radius 2 is 1.93 bits per heavy atom. The molecule has 0 aromatic rings. The van der Waals surface area contributed by atoms with Crippen molar-refractivity contribution in [3.63, 3.8) is 0 Å². The Labute approximate surface area is 86.9 Å². The highest BCUT2D eigenvalue weighted by Crippen LogP contribution is 2.50. The normalized spacial score (nSPS) is 30.2. The highest BCUT2D eigenvalue weighted by molar-refractivity contribution is 5.01. The minimum atomic E-state index is -0.514. The lowest BCUT2D eigenvalue weighted by Gasteiger charge is -2.42.